The molecule has 6 nitrogen and oxygen atoms in total. The molecule has 308 valence electrons. The van der Waals surface area contributed by atoms with Crippen molar-refractivity contribution in [2.75, 3.05) is 6.61 Å². The van der Waals surface area contributed by atoms with E-state index in [4.69, 9.17) is 4.74 Å². The Morgan fingerprint density at radius 2 is 0.942 bits per heavy atom. The minimum atomic E-state index is -0.783. The van der Waals surface area contributed by atoms with Gasteiger partial charge in [-0.25, -0.2) is 0 Å². The summed E-state index contributed by atoms with van der Waals surface area (Å²) < 4.78 is 5.88. The average Bonchev–Trinajstić information content (AvgIpc) is 3.13. The van der Waals surface area contributed by atoms with E-state index in [0.717, 1.165) is 64.2 Å². The number of carbonyl (C=O) groups excluding carboxylic acids is 2. The first-order valence-corrected chi connectivity index (χ1v) is 22.9. The van der Waals surface area contributed by atoms with E-state index >= 15 is 0 Å². The number of unbranched alkanes of at least 4 members (excludes halogenated alkanes) is 27. The standard InChI is InChI=1S/C46H89NO5/c1-4-7-10-13-16-19-21-23-26-29-32-35-38-44(49)43(41-48)47-45(50)40-42(37-34-31-28-25-18-15-12-9-6-3)52-46(51)39-36-33-30-27-24-22-20-17-14-11-8-5-2/h15,18,42-44,48-49H,4-14,16-17,19-41H2,1-3H3,(H,47,50)/b18-15-. The van der Waals surface area contributed by atoms with Gasteiger partial charge in [0, 0.05) is 6.42 Å². The summed E-state index contributed by atoms with van der Waals surface area (Å²) in [6, 6.07) is -0.697. The van der Waals surface area contributed by atoms with Gasteiger partial charge in [-0.05, 0) is 44.9 Å². The molecule has 0 aromatic rings. The van der Waals surface area contributed by atoms with E-state index in [-0.39, 0.29) is 24.9 Å². The summed E-state index contributed by atoms with van der Waals surface area (Å²) in [4.78, 5) is 25.9. The lowest BCUT2D eigenvalue weighted by Crippen LogP contribution is -2.46. The van der Waals surface area contributed by atoms with Gasteiger partial charge in [-0.2, -0.15) is 0 Å². The van der Waals surface area contributed by atoms with Crippen LogP contribution in [0.5, 0.6) is 0 Å². The number of amides is 1. The van der Waals surface area contributed by atoms with Gasteiger partial charge in [0.15, 0.2) is 0 Å². The van der Waals surface area contributed by atoms with Crippen molar-refractivity contribution in [1.29, 1.82) is 0 Å². The quantitative estimate of drug-likeness (QED) is 0.0330. The van der Waals surface area contributed by atoms with Crippen LogP contribution >= 0.6 is 0 Å². The van der Waals surface area contributed by atoms with E-state index in [9.17, 15) is 19.8 Å². The summed E-state index contributed by atoms with van der Waals surface area (Å²) in [5.41, 5.74) is 0. The van der Waals surface area contributed by atoms with E-state index < -0.39 is 18.2 Å². The lowest BCUT2D eigenvalue weighted by atomic mass is 10.0. The smallest absolute Gasteiger partial charge is 0.306 e. The van der Waals surface area contributed by atoms with Crippen molar-refractivity contribution in [2.45, 2.75) is 264 Å². The van der Waals surface area contributed by atoms with Crippen LogP contribution in [0.15, 0.2) is 12.2 Å². The van der Waals surface area contributed by atoms with Crippen molar-refractivity contribution in [3.8, 4) is 0 Å². The minimum absolute atomic E-state index is 0.0724. The Hall–Kier alpha value is -1.40. The van der Waals surface area contributed by atoms with Crippen LogP contribution in [0.3, 0.4) is 0 Å². The molecule has 3 N–H and O–H groups in total. The van der Waals surface area contributed by atoms with E-state index in [2.05, 4.69) is 38.2 Å². The van der Waals surface area contributed by atoms with Crippen LogP contribution in [-0.4, -0.2) is 46.9 Å². The van der Waals surface area contributed by atoms with Crippen molar-refractivity contribution >= 4 is 11.9 Å². The first-order valence-electron chi connectivity index (χ1n) is 22.9. The Morgan fingerprint density at radius 3 is 1.42 bits per heavy atom. The molecule has 0 spiro atoms. The summed E-state index contributed by atoms with van der Waals surface area (Å²) in [5, 5.41) is 23.6. The van der Waals surface area contributed by atoms with Crippen LogP contribution in [0.4, 0.5) is 0 Å². The molecule has 1 amide bonds. The van der Waals surface area contributed by atoms with Gasteiger partial charge in [-0.15, -0.1) is 0 Å². The lowest BCUT2D eigenvalue weighted by Gasteiger charge is -2.24. The van der Waals surface area contributed by atoms with E-state index in [1.807, 2.05) is 0 Å². The Bertz CT molecular complexity index is 787. The highest BCUT2D eigenvalue weighted by Crippen LogP contribution is 2.17. The van der Waals surface area contributed by atoms with Gasteiger partial charge in [-0.1, -0.05) is 200 Å². The summed E-state index contributed by atoms with van der Waals surface area (Å²) in [6.45, 7) is 6.42. The molecule has 0 aromatic heterocycles. The van der Waals surface area contributed by atoms with Crippen LogP contribution in [0, 0.1) is 0 Å². The highest BCUT2D eigenvalue weighted by atomic mass is 16.5. The number of rotatable bonds is 41. The molecule has 0 radical (unpaired) electrons. The van der Waals surface area contributed by atoms with Crippen molar-refractivity contribution in [3.05, 3.63) is 12.2 Å². The lowest BCUT2D eigenvalue weighted by molar-refractivity contribution is -0.151. The molecule has 0 saturated heterocycles. The van der Waals surface area contributed by atoms with Crippen LogP contribution in [-0.2, 0) is 14.3 Å². The number of hydrogen-bond donors (Lipinski definition) is 3. The molecule has 3 unspecified atom stereocenters. The molecule has 0 aromatic carbocycles. The maximum absolute atomic E-state index is 13.1. The van der Waals surface area contributed by atoms with E-state index in [1.54, 1.807) is 0 Å². The Balaban J connectivity index is 4.51. The molecule has 0 aliphatic rings. The second kappa shape index (κ2) is 40.8. The van der Waals surface area contributed by atoms with Gasteiger partial charge < -0.3 is 20.3 Å². The summed E-state index contributed by atoms with van der Waals surface area (Å²) in [5.74, 6) is -0.482. The zero-order valence-electron chi connectivity index (χ0n) is 35.0. The Morgan fingerprint density at radius 1 is 0.538 bits per heavy atom. The highest BCUT2D eigenvalue weighted by molar-refractivity contribution is 5.77. The third kappa shape index (κ3) is 35.6. The Kier molecular flexibility index (Phi) is 39.7. The average molecular weight is 736 g/mol. The van der Waals surface area contributed by atoms with Crippen molar-refractivity contribution in [3.63, 3.8) is 0 Å². The number of nitrogens with one attached hydrogen (secondary N) is 1. The number of aliphatic hydroxyl groups excluding tert-OH is 2. The molecule has 0 aliphatic heterocycles. The summed E-state index contributed by atoms with van der Waals surface area (Å²) in [7, 11) is 0. The molecular formula is C46H89NO5. The number of hydrogen-bond acceptors (Lipinski definition) is 5. The van der Waals surface area contributed by atoms with Crippen LogP contribution in [0.2, 0.25) is 0 Å². The van der Waals surface area contributed by atoms with Crippen molar-refractivity contribution < 1.29 is 24.5 Å². The topological polar surface area (TPSA) is 95.9 Å². The second-order valence-electron chi connectivity index (χ2n) is 15.8. The third-order valence-electron chi connectivity index (χ3n) is 10.6. The zero-order valence-corrected chi connectivity index (χ0v) is 35.0. The number of aliphatic hydroxyl groups is 2. The molecule has 0 fully saturated rings. The number of allylic oxidation sites excluding steroid dienone is 2. The van der Waals surface area contributed by atoms with Gasteiger partial charge in [0.1, 0.15) is 6.10 Å². The fourth-order valence-corrected chi connectivity index (χ4v) is 7.06. The van der Waals surface area contributed by atoms with Gasteiger partial charge in [0.05, 0.1) is 25.2 Å². The fraction of sp³-hybridized carbons (Fsp3) is 0.913. The molecule has 6 heteroatoms. The van der Waals surface area contributed by atoms with Gasteiger partial charge >= 0.3 is 5.97 Å². The summed E-state index contributed by atoms with van der Waals surface area (Å²) in [6.07, 6.45) is 42.7. The van der Waals surface area contributed by atoms with Crippen LogP contribution in [0.25, 0.3) is 0 Å². The zero-order chi connectivity index (χ0) is 38.2. The van der Waals surface area contributed by atoms with E-state index in [1.165, 1.54) is 135 Å². The number of esters is 1. The molecule has 0 heterocycles. The molecular weight excluding hydrogens is 647 g/mol. The molecule has 3 atom stereocenters. The highest BCUT2D eigenvalue weighted by Gasteiger charge is 2.24. The largest absolute Gasteiger partial charge is 0.462 e. The van der Waals surface area contributed by atoms with Crippen LogP contribution < -0.4 is 5.32 Å². The van der Waals surface area contributed by atoms with Gasteiger partial charge in [-0.3, -0.25) is 9.59 Å². The summed E-state index contributed by atoms with van der Waals surface area (Å²) >= 11 is 0. The minimum Gasteiger partial charge on any atom is -0.462 e. The SMILES string of the molecule is CCCC/C=C\CCCCCC(CC(=O)NC(CO)C(O)CCCCCCCCCCCCCC)OC(=O)CCCCCCCCCCCCCC. The van der Waals surface area contributed by atoms with E-state index in [0.29, 0.717) is 19.3 Å². The van der Waals surface area contributed by atoms with Gasteiger partial charge in [0.2, 0.25) is 5.91 Å². The number of carbonyl (C=O) groups is 2. The molecule has 0 aliphatic carbocycles. The molecule has 52 heavy (non-hydrogen) atoms. The second-order valence-corrected chi connectivity index (χ2v) is 15.8. The Labute approximate surface area is 323 Å². The number of ether oxygens (including phenoxy) is 1. The normalized spacial score (nSPS) is 13.4. The molecule has 0 rings (SSSR count). The monoisotopic (exact) mass is 736 g/mol. The predicted molar refractivity (Wildman–Crippen MR) is 223 cm³/mol. The third-order valence-corrected chi connectivity index (χ3v) is 10.6. The molecule has 0 bridgehead atoms. The van der Waals surface area contributed by atoms with Crippen LogP contribution in [0.1, 0.15) is 245 Å². The fourth-order valence-electron chi connectivity index (χ4n) is 7.06. The first-order chi connectivity index (χ1) is 25.5. The van der Waals surface area contributed by atoms with Crippen molar-refractivity contribution in [1.82, 2.24) is 5.32 Å². The first kappa shape index (κ1) is 50.6. The molecule has 0 saturated carbocycles. The maximum atomic E-state index is 13.1. The predicted octanol–water partition coefficient (Wildman–Crippen LogP) is 13.0. The van der Waals surface area contributed by atoms with Crippen molar-refractivity contribution in [2.24, 2.45) is 0 Å². The van der Waals surface area contributed by atoms with Gasteiger partial charge in [0.25, 0.3) is 0 Å². The maximum Gasteiger partial charge on any atom is 0.306 e.